The van der Waals surface area contributed by atoms with E-state index in [0.717, 1.165) is 11.3 Å². The third-order valence-corrected chi connectivity index (χ3v) is 7.89. The number of thioether (sulfide) groups is 2. The number of benzene rings is 3. The second kappa shape index (κ2) is 9.40. The fourth-order valence-electron chi connectivity index (χ4n) is 3.73. The minimum Gasteiger partial charge on any atom is -0.461 e. The van der Waals surface area contributed by atoms with Gasteiger partial charge in [0.05, 0.1) is 17.2 Å². The highest BCUT2D eigenvalue weighted by Crippen LogP contribution is 2.59. The van der Waals surface area contributed by atoms with E-state index in [2.05, 4.69) is 5.10 Å². The van der Waals surface area contributed by atoms with E-state index in [1.807, 2.05) is 97.1 Å². The molecular formula is C26H21N3O3S2. The third kappa shape index (κ3) is 3.99. The molecule has 5 rings (SSSR count). The maximum absolute atomic E-state index is 13.9. The molecule has 170 valence electrons. The Hall–Kier alpha value is -3.49. The van der Waals surface area contributed by atoms with Gasteiger partial charge in [0, 0.05) is 5.69 Å². The maximum atomic E-state index is 13.9. The molecule has 2 aliphatic rings. The molecule has 0 unspecified atom stereocenters. The standard InChI is InChI=1S/C26H21N3O3S2/c1-2-32-25(31)23-27-29(21-16-10-5-11-17-21)26(34-23)28(20-14-8-4-9-15-20)24(30)22(33-26)18-19-12-6-3-7-13-19/h3-18H,2H2,1H3/b22-18+/t26-/m1/s1. The lowest BCUT2D eigenvalue weighted by molar-refractivity contribution is -0.134. The number of hydrogen-bond acceptors (Lipinski definition) is 7. The summed E-state index contributed by atoms with van der Waals surface area (Å²) >= 11 is 2.59. The lowest BCUT2D eigenvalue weighted by Gasteiger charge is -2.38. The molecule has 2 aliphatic heterocycles. The number of carbonyl (C=O) groups is 2. The van der Waals surface area contributed by atoms with Crippen LogP contribution in [0.25, 0.3) is 6.08 Å². The topological polar surface area (TPSA) is 62.2 Å². The van der Waals surface area contributed by atoms with Crippen molar-refractivity contribution in [2.75, 3.05) is 16.5 Å². The predicted molar refractivity (Wildman–Crippen MR) is 139 cm³/mol. The first kappa shape index (κ1) is 22.3. The molecule has 0 aliphatic carbocycles. The Labute approximate surface area is 206 Å². The molecule has 2 heterocycles. The van der Waals surface area contributed by atoms with Gasteiger partial charge in [-0.15, -0.1) is 0 Å². The lowest BCUT2D eigenvalue weighted by atomic mass is 10.2. The van der Waals surface area contributed by atoms with Crippen molar-refractivity contribution in [2.24, 2.45) is 5.10 Å². The van der Waals surface area contributed by atoms with Gasteiger partial charge in [0.25, 0.3) is 5.91 Å². The molecular weight excluding hydrogens is 466 g/mol. The van der Waals surface area contributed by atoms with E-state index in [1.165, 1.54) is 23.5 Å². The molecule has 0 N–H and O–H groups in total. The van der Waals surface area contributed by atoms with Gasteiger partial charge in [-0.2, -0.15) is 5.10 Å². The number of rotatable bonds is 5. The van der Waals surface area contributed by atoms with E-state index in [-0.39, 0.29) is 17.6 Å². The molecule has 34 heavy (non-hydrogen) atoms. The average molecular weight is 488 g/mol. The van der Waals surface area contributed by atoms with Crippen molar-refractivity contribution in [3.8, 4) is 0 Å². The van der Waals surface area contributed by atoms with Crippen LogP contribution in [-0.2, 0) is 14.3 Å². The van der Waals surface area contributed by atoms with Gasteiger partial charge >= 0.3 is 5.97 Å². The zero-order chi connectivity index (χ0) is 23.5. The van der Waals surface area contributed by atoms with E-state index in [1.54, 1.807) is 16.8 Å². The van der Waals surface area contributed by atoms with Crippen LogP contribution in [0.2, 0.25) is 0 Å². The van der Waals surface area contributed by atoms with Crippen LogP contribution in [-0.4, -0.2) is 27.9 Å². The summed E-state index contributed by atoms with van der Waals surface area (Å²) < 4.78 is 4.19. The van der Waals surface area contributed by atoms with Crippen molar-refractivity contribution in [2.45, 2.75) is 11.3 Å². The number of hydrazone groups is 1. The molecule has 1 spiro atoms. The smallest absolute Gasteiger partial charge is 0.365 e. The Morgan fingerprint density at radius 2 is 1.50 bits per heavy atom. The molecule has 1 atom stereocenters. The number of esters is 1. The van der Waals surface area contributed by atoms with Gasteiger partial charge < -0.3 is 4.74 Å². The van der Waals surface area contributed by atoms with Gasteiger partial charge in [0.15, 0.2) is 0 Å². The Kier molecular flexibility index (Phi) is 6.17. The average Bonchev–Trinajstić information content (AvgIpc) is 3.38. The van der Waals surface area contributed by atoms with Crippen LogP contribution in [0.4, 0.5) is 11.4 Å². The summed E-state index contributed by atoms with van der Waals surface area (Å²) in [6.07, 6.45) is 1.88. The fourth-order valence-corrected chi connectivity index (χ4v) is 6.61. The number of para-hydroxylation sites is 2. The van der Waals surface area contributed by atoms with Crippen LogP contribution in [0.15, 0.2) is 101 Å². The summed E-state index contributed by atoms with van der Waals surface area (Å²) in [7, 11) is 0. The molecule has 3 aromatic rings. The molecule has 0 radical (unpaired) electrons. The molecule has 1 fully saturated rings. The van der Waals surface area contributed by atoms with Crippen LogP contribution < -0.4 is 9.91 Å². The number of hydrogen-bond donors (Lipinski definition) is 0. The molecule has 1 saturated heterocycles. The van der Waals surface area contributed by atoms with Crippen molar-refractivity contribution < 1.29 is 14.3 Å². The quantitative estimate of drug-likeness (QED) is 0.347. The van der Waals surface area contributed by atoms with Gasteiger partial charge in [-0.3, -0.25) is 9.69 Å². The summed E-state index contributed by atoms with van der Waals surface area (Å²) in [5.41, 5.74) is 2.39. The first-order chi connectivity index (χ1) is 16.6. The zero-order valence-electron chi connectivity index (χ0n) is 18.3. The van der Waals surface area contributed by atoms with Gasteiger partial charge in [-0.05, 0) is 54.6 Å². The van der Waals surface area contributed by atoms with E-state index in [4.69, 9.17) is 4.74 Å². The summed E-state index contributed by atoms with van der Waals surface area (Å²) in [6, 6.07) is 28.7. The summed E-state index contributed by atoms with van der Waals surface area (Å²) in [5, 5.41) is 6.60. The monoisotopic (exact) mass is 487 g/mol. The highest BCUT2D eigenvalue weighted by Gasteiger charge is 2.60. The Morgan fingerprint density at radius 1 is 0.912 bits per heavy atom. The summed E-state index contributed by atoms with van der Waals surface area (Å²) in [6.45, 7) is 2.00. The van der Waals surface area contributed by atoms with Crippen molar-refractivity contribution in [1.29, 1.82) is 0 Å². The van der Waals surface area contributed by atoms with Crippen LogP contribution in [0.3, 0.4) is 0 Å². The summed E-state index contributed by atoms with van der Waals surface area (Å²) in [4.78, 5) is 28.9. The Bertz CT molecular complexity index is 1270. The largest absolute Gasteiger partial charge is 0.461 e. The van der Waals surface area contributed by atoms with E-state index in [0.29, 0.717) is 10.6 Å². The second-order valence-electron chi connectivity index (χ2n) is 7.42. The van der Waals surface area contributed by atoms with Crippen LogP contribution in [0.1, 0.15) is 12.5 Å². The molecule has 0 bridgehead atoms. The van der Waals surface area contributed by atoms with E-state index >= 15 is 0 Å². The highest BCUT2D eigenvalue weighted by atomic mass is 32.2. The number of amides is 1. The normalized spacial score (nSPS) is 20.8. The third-order valence-electron chi connectivity index (χ3n) is 5.19. The van der Waals surface area contributed by atoms with Gasteiger partial charge in [-0.25, -0.2) is 9.80 Å². The lowest BCUT2D eigenvalue weighted by Crippen LogP contribution is -2.51. The molecule has 6 nitrogen and oxygen atoms in total. The Balaban J connectivity index is 1.67. The van der Waals surface area contributed by atoms with Gasteiger partial charge in [-0.1, -0.05) is 78.5 Å². The van der Waals surface area contributed by atoms with Crippen molar-refractivity contribution in [3.63, 3.8) is 0 Å². The van der Waals surface area contributed by atoms with Crippen LogP contribution in [0.5, 0.6) is 0 Å². The minimum atomic E-state index is -1.07. The number of anilines is 2. The number of nitrogens with zero attached hydrogens (tertiary/aromatic N) is 3. The molecule has 3 aromatic carbocycles. The van der Waals surface area contributed by atoms with E-state index in [9.17, 15) is 9.59 Å². The maximum Gasteiger partial charge on any atom is 0.365 e. The van der Waals surface area contributed by atoms with E-state index < -0.39 is 10.3 Å². The fraction of sp³-hybridized carbons (Fsp3) is 0.115. The van der Waals surface area contributed by atoms with Crippen molar-refractivity contribution >= 4 is 57.9 Å². The first-order valence-electron chi connectivity index (χ1n) is 10.8. The zero-order valence-corrected chi connectivity index (χ0v) is 20.0. The SMILES string of the molecule is CCOC(=O)C1=NN(c2ccccc2)[C@@]2(S1)S/C(=C/c1ccccc1)C(=O)N2c1ccccc1. The molecule has 0 saturated carbocycles. The number of ether oxygens (including phenoxy) is 1. The summed E-state index contributed by atoms with van der Waals surface area (Å²) in [5.74, 6) is -0.666. The second-order valence-corrected chi connectivity index (χ2v) is 10.1. The Morgan fingerprint density at radius 3 is 2.12 bits per heavy atom. The van der Waals surface area contributed by atoms with Crippen LogP contribution in [0, 0.1) is 0 Å². The predicted octanol–water partition coefficient (Wildman–Crippen LogP) is 5.55. The van der Waals surface area contributed by atoms with Crippen molar-refractivity contribution in [3.05, 3.63) is 101 Å². The molecule has 8 heteroatoms. The molecule has 0 aromatic heterocycles. The first-order valence-corrected chi connectivity index (χ1v) is 12.4. The molecule has 1 amide bonds. The van der Waals surface area contributed by atoms with Crippen molar-refractivity contribution in [1.82, 2.24) is 0 Å². The van der Waals surface area contributed by atoms with Crippen LogP contribution >= 0.6 is 23.5 Å². The van der Waals surface area contributed by atoms with Gasteiger partial charge in [0.2, 0.25) is 9.37 Å². The minimum absolute atomic E-state index is 0.159. The van der Waals surface area contributed by atoms with Gasteiger partial charge in [0.1, 0.15) is 0 Å². The highest BCUT2D eigenvalue weighted by molar-refractivity contribution is 8.29. The number of carbonyl (C=O) groups excluding carboxylic acids is 2.